The minimum atomic E-state index is 0.589. The van der Waals surface area contributed by atoms with Crippen LogP contribution < -0.4 is 5.32 Å². The van der Waals surface area contributed by atoms with E-state index in [0.29, 0.717) is 9.97 Å². The number of hydrogen-bond acceptors (Lipinski definition) is 3. The van der Waals surface area contributed by atoms with Crippen molar-refractivity contribution in [3.8, 4) is 0 Å². The molecule has 2 unspecified atom stereocenters. The van der Waals surface area contributed by atoms with Gasteiger partial charge in [0.05, 0.1) is 0 Å². The Kier molecular flexibility index (Phi) is 9.01. The highest BCUT2D eigenvalue weighted by atomic mass is 127. The number of allylic oxidation sites excluding steroid dienone is 1. The Morgan fingerprint density at radius 1 is 1.26 bits per heavy atom. The number of piperidine rings is 1. The lowest BCUT2D eigenvalue weighted by atomic mass is 10.0. The summed E-state index contributed by atoms with van der Waals surface area (Å²) in [6.45, 7) is 5.95. The van der Waals surface area contributed by atoms with Gasteiger partial charge in [-0.25, -0.2) is 0 Å². The highest BCUT2D eigenvalue weighted by Gasteiger charge is 2.16. The van der Waals surface area contributed by atoms with Crippen molar-refractivity contribution >= 4 is 34.4 Å². The van der Waals surface area contributed by atoms with Crippen molar-refractivity contribution in [3.63, 3.8) is 0 Å². The second-order valence-corrected chi connectivity index (χ2v) is 9.30. The maximum absolute atomic E-state index is 3.49. The summed E-state index contributed by atoms with van der Waals surface area (Å²) in [5, 5.41) is 3.49. The summed E-state index contributed by atoms with van der Waals surface area (Å²) in [6, 6.07) is 11.3. The molecule has 4 heteroatoms. The number of likely N-dealkylation sites (tertiary alicyclic amines) is 1. The molecule has 1 fully saturated rings. The molecule has 1 N–H and O–H groups in total. The largest absolute Gasteiger partial charge is 0.316 e. The second-order valence-electron chi connectivity index (χ2n) is 6.24. The molecule has 1 aliphatic heterocycles. The van der Waals surface area contributed by atoms with Crippen LogP contribution in [0.4, 0.5) is 0 Å². The number of nitrogens with one attached hydrogen (secondary N) is 1. The van der Waals surface area contributed by atoms with Crippen LogP contribution in [0.1, 0.15) is 26.2 Å². The van der Waals surface area contributed by atoms with Gasteiger partial charge in [0, 0.05) is 33.7 Å². The predicted molar refractivity (Wildman–Crippen MR) is 112 cm³/mol. The Labute approximate surface area is 159 Å². The third-order valence-electron chi connectivity index (χ3n) is 4.36. The van der Waals surface area contributed by atoms with Crippen LogP contribution in [-0.2, 0) is 0 Å². The molecule has 128 valence electrons. The van der Waals surface area contributed by atoms with E-state index in [4.69, 9.17) is 0 Å². The van der Waals surface area contributed by atoms with Crippen LogP contribution in [-0.4, -0.2) is 47.3 Å². The third-order valence-corrected chi connectivity index (χ3v) is 5.89. The summed E-state index contributed by atoms with van der Waals surface area (Å²) in [5.74, 6) is 1.14. The fourth-order valence-electron chi connectivity index (χ4n) is 2.92. The summed E-state index contributed by atoms with van der Waals surface area (Å²) in [5.41, 5.74) is 1.66. The van der Waals surface area contributed by atoms with Crippen LogP contribution in [0, 0.1) is 0 Å². The van der Waals surface area contributed by atoms with Crippen molar-refractivity contribution in [3.05, 3.63) is 42.0 Å². The van der Waals surface area contributed by atoms with E-state index in [-0.39, 0.29) is 0 Å². The minimum absolute atomic E-state index is 0.589. The van der Waals surface area contributed by atoms with E-state index in [9.17, 15) is 0 Å². The van der Waals surface area contributed by atoms with Gasteiger partial charge in [0.2, 0.25) is 0 Å². The molecule has 1 aliphatic rings. The molecule has 0 aromatic heterocycles. The van der Waals surface area contributed by atoms with Gasteiger partial charge in [-0.3, -0.25) is 0 Å². The van der Waals surface area contributed by atoms with Crippen molar-refractivity contribution in [2.24, 2.45) is 0 Å². The lowest BCUT2D eigenvalue weighted by Crippen LogP contribution is -2.37. The first-order valence-corrected chi connectivity index (χ1v) is 10.8. The standard InChI is InChI=1S/C19H29IN2S/c1-16(20)14-17-8-11-22(12-9-17)13-10-18(21-2)15-23-19-6-4-3-5-7-19/h3-7,14,16,18,21H,8-13,15H2,1-2H3. The topological polar surface area (TPSA) is 15.3 Å². The average molecular weight is 444 g/mol. The summed E-state index contributed by atoms with van der Waals surface area (Å²) in [6.07, 6.45) is 6.20. The number of hydrogen-bond donors (Lipinski definition) is 1. The lowest BCUT2D eigenvalue weighted by molar-refractivity contribution is 0.245. The van der Waals surface area contributed by atoms with E-state index < -0.39 is 0 Å². The highest BCUT2D eigenvalue weighted by Crippen LogP contribution is 2.21. The molecule has 0 aliphatic carbocycles. The molecule has 2 atom stereocenters. The molecule has 0 spiro atoms. The molecule has 0 saturated carbocycles. The number of rotatable bonds is 8. The van der Waals surface area contributed by atoms with Gasteiger partial charge in [-0.15, -0.1) is 11.8 Å². The fraction of sp³-hybridized carbons (Fsp3) is 0.579. The van der Waals surface area contributed by atoms with Gasteiger partial charge in [-0.05, 0) is 51.9 Å². The van der Waals surface area contributed by atoms with Gasteiger partial charge in [0.25, 0.3) is 0 Å². The molecule has 2 rings (SSSR count). The Morgan fingerprint density at radius 2 is 1.96 bits per heavy atom. The average Bonchev–Trinajstić information content (AvgIpc) is 2.57. The van der Waals surface area contributed by atoms with Gasteiger partial charge < -0.3 is 10.2 Å². The maximum atomic E-state index is 3.49. The molecule has 2 nitrogen and oxygen atoms in total. The van der Waals surface area contributed by atoms with E-state index in [1.807, 2.05) is 11.8 Å². The molecule has 0 bridgehead atoms. The van der Waals surface area contributed by atoms with Crippen LogP contribution in [0.2, 0.25) is 0 Å². The Balaban J connectivity index is 1.68. The van der Waals surface area contributed by atoms with Crippen LogP contribution in [0.5, 0.6) is 0 Å². The molecule has 1 aromatic carbocycles. The Bertz CT molecular complexity index is 466. The minimum Gasteiger partial charge on any atom is -0.316 e. The normalized spacial score (nSPS) is 18.7. The smallest absolute Gasteiger partial charge is 0.0263 e. The number of alkyl halides is 1. The van der Waals surface area contributed by atoms with Crippen LogP contribution in [0.25, 0.3) is 0 Å². The summed E-state index contributed by atoms with van der Waals surface area (Å²) in [4.78, 5) is 4.00. The second kappa shape index (κ2) is 10.7. The SMILES string of the molecule is CNC(CCN1CCC(=CC(C)I)CC1)CSc1ccccc1. The summed E-state index contributed by atoms with van der Waals surface area (Å²) in [7, 11) is 2.09. The first kappa shape index (κ1) is 19.3. The number of benzene rings is 1. The first-order chi connectivity index (χ1) is 11.2. The van der Waals surface area contributed by atoms with E-state index in [1.165, 1.54) is 43.8 Å². The van der Waals surface area contributed by atoms with Crippen molar-refractivity contribution < 1.29 is 0 Å². The van der Waals surface area contributed by atoms with Gasteiger partial charge in [0.15, 0.2) is 0 Å². The third kappa shape index (κ3) is 7.59. The van der Waals surface area contributed by atoms with Gasteiger partial charge >= 0.3 is 0 Å². The summed E-state index contributed by atoms with van der Waals surface area (Å²) < 4.78 is 0.665. The van der Waals surface area contributed by atoms with E-state index in [1.54, 1.807) is 5.57 Å². The van der Waals surface area contributed by atoms with Crippen molar-refractivity contribution in [1.82, 2.24) is 10.2 Å². The van der Waals surface area contributed by atoms with Crippen LogP contribution in [0.15, 0.2) is 46.9 Å². The molecule has 1 heterocycles. The van der Waals surface area contributed by atoms with E-state index in [2.05, 4.69) is 83.2 Å². The fourth-order valence-corrected chi connectivity index (χ4v) is 4.50. The van der Waals surface area contributed by atoms with Gasteiger partial charge in [-0.2, -0.15) is 0 Å². The molecule has 0 amide bonds. The van der Waals surface area contributed by atoms with E-state index in [0.717, 1.165) is 5.75 Å². The van der Waals surface area contributed by atoms with Crippen LogP contribution >= 0.6 is 34.4 Å². The van der Waals surface area contributed by atoms with Gasteiger partial charge in [-0.1, -0.05) is 52.4 Å². The Hall–Kier alpha value is -0.0400. The number of halogens is 1. The number of thioether (sulfide) groups is 1. The predicted octanol–water partition coefficient (Wildman–Crippen LogP) is 4.60. The monoisotopic (exact) mass is 444 g/mol. The molecule has 1 saturated heterocycles. The zero-order valence-electron chi connectivity index (χ0n) is 14.3. The summed E-state index contributed by atoms with van der Waals surface area (Å²) >= 11 is 4.45. The van der Waals surface area contributed by atoms with E-state index >= 15 is 0 Å². The molecular weight excluding hydrogens is 415 g/mol. The molecular formula is C19H29IN2S. The Morgan fingerprint density at radius 3 is 2.57 bits per heavy atom. The zero-order chi connectivity index (χ0) is 16.5. The molecule has 23 heavy (non-hydrogen) atoms. The molecule has 1 aromatic rings. The quantitative estimate of drug-likeness (QED) is 0.273. The van der Waals surface area contributed by atoms with Crippen LogP contribution in [0.3, 0.4) is 0 Å². The zero-order valence-corrected chi connectivity index (χ0v) is 17.3. The lowest BCUT2D eigenvalue weighted by Gasteiger charge is -2.30. The molecule has 0 radical (unpaired) electrons. The van der Waals surface area contributed by atoms with Crippen molar-refractivity contribution in [2.45, 2.75) is 41.0 Å². The van der Waals surface area contributed by atoms with Gasteiger partial charge in [0.1, 0.15) is 0 Å². The van der Waals surface area contributed by atoms with Crippen molar-refractivity contribution in [2.75, 3.05) is 32.4 Å². The maximum Gasteiger partial charge on any atom is 0.0263 e. The van der Waals surface area contributed by atoms with Crippen molar-refractivity contribution in [1.29, 1.82) is 0 Å². The highest BCUT2D eigenvalue weighted by molar-refractivity contribution is 14.1. The first-order valence-electron chi connectivity index (χ1n) is 8.58. The number of nitrogens with zero attached hydrogens (tertiary/aromatic N) is 1.